The first kappa shape index (κ1) is 11.2. The molecule has 0 fully saturated rings. The van der Waals surface area contributed by atoms with Crippen molar-refractivity contribution >= 4 is 15.9 Å². The van der Waals surface area contributed by atoms with Crippen molar-refractivity contribution in [3.8, 4) is 0 Å². The minimum atomic E-state index is 0.715. The third-order valence-corrected chi connectivity index (χ3v) is 3.10. The molecule has 0 aromatic rings. The Kier molecular flexibility index (Phi) is 7.04. The second kappa shape index (κ2) is 6.90. The van der Waals surface area contributed by atoms with Crippen LogP contribution >= 0.6 is 15.9 Å². The van der Waals surface area contributed by atoms with E-state index in [1.165, 1.54) is 31.3 Å². The average Bonchev–Trinajstić information content (AvgIpc) is 2.04. The van der Waals surface area contributed by atoms with Gasteiger partial charge in [-0.2, -0.15) is 0 Å². The summed E-state index contributed by atoms with van der Waals surface area (Å²) in [5, 5.41) is 0. The molecule has 0 aliphatic heterocycles. The van der Waals surface area contributed by atoms with E-state index in [-0.39, 0.29) is 0 Å². The molecule has 0 nitrogen and oxygen atoms in total. The standard InChI is InChI=1S/C10H19Br/c1-4-9(3)7-6-8-10(11)5-2/h10H,3-8H2,1-2H3. The number of hydrogen-bond donors (Lipinski definition) is 0. The molecular weight excluding hydrogens is 200 g/mol. The van der Waals surface area contributed by atoms with Crippen LogP contribution in [0.25, 0.3) is 0 Å². The molecule has 1 unspecified atom stereocenters. The first-order valence-electron chi connectivity index (χ1n) is 4.51. The van der Waals surface area contributed by atoms with Gasteiger partial charge >= 0.3 is 0 Å². The van der Waals surface area contributed by atoms with Crippen molar-refractivity contribution in [3.05, 3.63) is 12.2 Å². The van der Waals surface area contributed by atoms with Gasteiger partial charge in [-0.1, -0.05) is 41.9 Å². The Morgan fingerprint density at radius 2 is 2.09 bits per heavy atom. The van der Waals surface area contributed by atoms with Crippen molar-refractivity contribution in [2.24, 2.45) is 0 Å². The van der Waals surface area contributed by atoms with E-state index < -0.39 is 0 Å². The monoisotopic (exact) mass is 218 g/mol. The van der Waals surface area contributed by atoms with Crippen LogP contribution in [0.4, 0.5) is 0 Å². The fraction of sp³-hybridized carbons (Fsp3) is 0.800. The third kappa shape index (κ3) is 6.61. The van der Waals surface area contributed by atoms with Crippen LogP contribution in [0.2, 0.25) is 0 Å². The number of allylic oxidation sites excluding steroid dienone is 1. The highest BCUT2D eigenvalue weighted by molar-refractivity contribution is 9.09. The molecular formula is C10H19Br. The third-order valence-electron chi connectivity index (χ3n) is 1.99. The molecule has 1 atom stereocenters. The van der Waals surface area contributed by atoms with Gasteiger partial charge in [0.2, 0.25) is 0 Å². The molecule has 0 amide bonds. The summed E-state index contributed by atoms with van der Waals surface area (Å²) in [6.45, 7) is 8.37. The van der Waals surface area contributed by atoms with Gasteiger partial charge in [-0.3, -0.25) is 0 Å². The lowest BCUT2D eigenvalue weighted by atomic mass is 10.1. The molecule has 0 heterocycles. The molecule has 0 aromatic carbocycles. The fourth-order valence-electron chi connectivity index (χ4n) is 0.954. The Hall–Kier alpha value is 0.220. The average molecular weight is 219 g/mol. The van der Waals surface area contributed by atoms with Gasteiger partial charge in [0.15, 0.2) is 0 Å². The molecule has 66 valence electrons. The molecule has 0 aromatic heterocycles. The highest BCUT2D eigenvalue weighted by Crippen LogP contribution is 2.16. The van der Waals surface area contributed by atoms with Gasteiger partial charge in [0.25, 0.3) is 0 Å². The second-order valence-electron chi connectivity index (χ2n) is 3.00. The van der Waals surface area contributed by atoms with Crippen LogP contribution in [-0.2, 0) is 0 Å². The molecule has 0 N–H and O–H groups in total. The van der Waals surface area contributed by atoms with Crippen LogP contribution in [0.3, 0.4) is 0 Å². The Balaban J connectivity index is 3.20. The predicted octanol–water partition coefficient (Wildman–Crippen LogP) is 4.30. The van der Waals surface area contributed by atoms with Crippen LogP contribution < -0.4 is 0 Å². The first-order valence-corrected chi connectivity index (χ1v) is 5.43. The smallest absolute Gasteiger partial charge is 0.0143 e. The Morgan fingerprint density at radius 3 is 2.55 bits per heavy atom. The molecule has 0 spiro atoms. The number of alkyl halides is 1. The van der Waals surface area contributed by atoms with Gasteiger partial charge in [-0.25, -0.2) is 0 Å². The van der Waals surface area contributed by atoms with Gasteiger partial charge in [0.05, 0.1) is 0 Å². The lowest BCUT2D eigenvalue weighted by Crippen LogP contribution is -1.94. The molecule has 0 aliphatic carbocycles. The second-order valence-corrected chi connectivity index (χ2v) is 4.30. The van der Waals surface area contributed by atoms with Crippen molar-refractivity contribution in [2.45, 2.75) is 50.8 Å². The zero-order valence-electron chi connectivity index (χ0n) is 7.70. The van der Waals surface area contributed by atoms with Crippen LogP contribution in [0, 0.1) is 0 Å². The highest BCUT2D eigenvalue weighted by atomic mass is 79.9. The quantitative estimate of drug-likeness (QED) is 0.461. The zero-order chi connectivity index (χ0) is 8.69. The van der Waals surface area contributed by atoms with Crippen molar-refractivity contribution in [1.82, 2.24) is 0 Å². The van der Waals surface area contributed by atoms with E-state index in [0.29, 0.717) is 4.83 Å². The molecule has 0 saturated heterocycles. The highest BCUT2D eigenvalue weighted by Gasteiger charge is 1.99. The van der Waals surface area contributed by atoms with Crippen LogP contribution in [0.15, 0.2) is 12.2 Å². The lowest BCUT2D eigenvalue weighted by molar-refractivity contribution is 0.680. The number of rotatable bonds is 6. The summed E-state index contributed by atoms with van der Waals surface area (Å²) >= 11 is 3.62. The Morgan fingerprint density at radius 1 is 1.45 bits per heavy atom. The molecule has 0 saturated carbocycles. The summed E-state index contributed by atoms with van der Waals surface area (Å²) in [7, 11) is 0. The zero-order valence-corrected chi connectivity index (χ0v) is 9.28. The first-order chi connectivity index (χ1) is 5.20. The van der Waals surface area contributed by atoms with E-state index in [1.54, 1.807) is 0 Å². The topological polar surface area (TPSA) is 0 Å². The van der Waals surface area contributed by atoms with E-state index in [9.17, 15) is 0 Å². The minimum absolute atomic E-state index is 0.715. The van der Waals surface area contributed by atoms with Crippen molar-refractivity contribution in [2.75, 3.05) is 0 Å². The van der Waals surface area contributed by atoms with Gasteiger partial charge in [-0.05, 0) is 32.1 Å². The molecule has 0 bridgehead atoms. The number of halogens is 1. The van der Waals surface area contributed by atoms with E-state index in [1.807, 2.05) is 0 Å². The fourth-order valence-corrected chi connectivity index (χ4v) is 1.28. The Bertz CT molecular complexity index is 107. The lowest BCUT2D eigenvalue weighted by Gasteiger charge is -2.06. The largest absolute Gasteiger partial charge is 0.0999 e. The van der Waals surface area contributed by atoms with Gasteiger partial charge in [0, 0.05) is 4.83 Å². The van der Waals surface area contributed by atoms with Crippen molar-refractivity contribution in [1.29, 1.82) is 0 Å². The summed E-state index contributed by atoms with van der Waals surface area (Å²) in [5.41, 5.74) is 1.39. The summed E-state index contributed by atoms with van der Waals surface area (Å²) in [6.07, 6.45) is 6.15. The molecule has 0 radical (unpaired) electrons. The maximum absolute atomic E-state index is 3.98. The van der Waals surface area contributed by atoms with E-state index in [2.05, 4.69) is 36.4 Å². The summed E-state index contributed by atoms with van der Waals surface area (Å²) in [6, 6.07) is 0. The predicted molar refractivity (Wildman–Crippen MR) is 56.3 cm³/mol. The van der Waals surface area contributed by atoms with Crippen molar-refractivity contribution < 1.29 is 0 Å². The van der Waals surface area contributed by atoms with Gasteiger partial charge < -0.3 is 0 Å². The molecule has 1 heteroatoms. The van der Waals surface area contributed by atoms with Crippen molar-refractivity contribution in [3.63, 3.8) is 0 Å². The van der Waals surface area contributed by atoms with Gasteiger partial charge in [0.1, 0.15) is 0 Å². The summed E-state index contributed by atoms with van der Waals surface area (Å²) in [5.74, 6) is 0. The number of hydrogen-bond acceptors (Lipinski definition) is 0. The SMILES string of the molecule is C=C(CC)CCCC(Br)CC. The van der Waals surface area contributed by atoms with E-state index in [0.717, 1.165) is 6.42 Å². The molecule has 0 rings (SSSR count). The summed E-state index contributed by atoms with van der Waals surface area (Å²) < 4.78 is 0. The van der Waals surface area contributed by atoms with E-state index in [4.69, 9.17) is 0 Å². The van der Waals surface area contributed by atoms with Crippen LogP contribution in [0.5, 0.6) is 0 Å². The maximum atomic E-state index is 3.98. The van der Waals surface area contributed by atoms with Gasteiger partial charge in [-0.15, -0.1) is 0 Å². The Labute approximate surface area is 79.2 Å². The van der Waals surface area contributed by atoms with Crippen LogP contribution in [-0.4, -0.2) is 4.83 Å². The molecule has 11 heavy (non-hydrogen) atoms. The molecule has 0 aliphatic rings. The normalized spacial score (nSPS) is 13.0. The summed E-state index contributed by atoms with van der Waals surface area (Å²) in [4.78, 5) is 0.715. The van der Waals surface area contributed by atoms with Crippen LogP contribution in [0.1, 0.15) is 46.0 Å². The van der Waals surface area contributed by atoms with E-state index >= 15 is 0 Å². The maximum Gasteiger partial charge on any atom is 0.0143 e. The minimum Gasteiger partial charge on any atom is -0.0999 e.